The third-order valence-corrected chi connectivity index (χ3v) is 3.36. The lowest BCUT2D eigenvalue weighted by atomic mass is 10.2. The van der Waals surface area contributed by atoms with E-state index in [4.69, 9.17) is 14.2 Å². The van der Waals surface area contributed by atoms with E-state index < -0.39 is 0 Å². The third-order valence-electron chi connectivity index (χ3n) is 3.36. The van der Waals surface area contributed by atoms with Crippen molar-refractivity contribution in [3.63, 3.8) is 0 Å². The van der Waals surface area contributed by atoms with Crippen molar-refractivity contribution in [2.45, 2.75) is 0 Å². The normalized spacial score (nSPS) is 12.9. The Kier molecular flexibility index (Phi) is 4.47. The standard InChI is InChI=1S/C18H17NO4/c1-21-15-5-3-2-4-14(15)19-18(20)9-7-13-6-8-16-17(12-13)23-11-10-22-16/h2-9,12H,10-11H2,1H3,(H,19,20). The van der Waals surface area contributed by atoms with Gasteiger partial charge in [-0.3, -0.25) is 4.79 Å². The SMILES string of the molecule is COc1ccccc1NC(=O)C=Cc1ccc2c(c1)OCCO2. The van der Waals surface area contributed by atoms with Crippen molar-refractivity contribution in [2.75, 3.05) is 25.6 Å². The number of anilines is 1. The van der Waals surface area contributed by atoms with Crippen LogP contribution in [0.1, 0.15) is 5.56 Å². The number of fused-ring (bicyclic) bond motifs is 1. The number of carbonyl (C=O) groups excluding carboxylic acids is 1. The lowest BCUT2D eigenvalue weighted by Crippen LogP contribution is -2.15. The molecule has 1 aliphatic heterocycles. The lowest BCUT2D eigenvalue weighted by molar-refractivity contribution is -0.111. The molecular weight excluding hydrogens is 294 g/mol. The smallest absolute Gasteiger partial charge is 0.248 e. The minimum absolute atomic E-state index is 0.232. The molecule has 0 saturated carbocycles. The Balaban J connectivity index is 1.69. The molecular formula is C18H17NO4. The summed E-state index contributed by atoms with van der Waals surface area (Å²) in [7, 11) is 1.57. The van der Waals surface area contributed by atoms with Crippen LogP contribution in [-0.2, 0) is 4.79 Å². The number of rotatable bonds is 4. The van der Waals surface area contributed by atoms with Gasteiger partial charge in [-0.1, -0.05) is 18.2 Å². The van der Waals surface area contributed by atoms with Gasteiger partial charge < -0.3 is 19.5 Å². The molecule has 0 aliphatic carbocycles. The number of para-hydroxylation sites is 2. The topological polar surface area (TPSA) is 56.8 Å². The van der Waals surface area contributed by atoms with Crippen molar-refractivity contribution in [2.24, 2.45) is 0 Å². The number of hydrogen-bond donors (Lipinski definition) is 1. The molecule has 0 aromatic heterocycles. The molecule has 1 heterocycles. The zero-order chi connectivity index (χ0) is 16.1. The van der Waals surface area contributed by atoms with Gasteiger partial charge in [0.15, 0.2) is 11.5 Å². The molecule has 23 heavy (non-hydrogen) atoms. The number of ether oxygens (including phenoxy) is 3. The molecule has 0 spiro atoms. The molecule has 0 unspecified atom stereocenters. The number of methoxy groups -OCH3 is 1. The van der Waals surface area contributed by atoms with Gasteiger partial charge in [-0.15, -0.1) is 0 Å². The highest BCUT2D eigenvalue weighted by Gasteiger charge is 2.11. The van der Waals surface area contributed by atoms with Gasteiger partial charge in [-0.25, -0.2) is 0 Å². The molecule has 0 atom stereocenters. The van der Waals surface area contributed by atoms with E-state index in [2.05, 4.69) is 5.32 Å². The van der Waals surface area contributed by atoms with Crippen molar-refractivity contribution < 1.29 is 19.0 Å². The van der Waals surface area contributed by atoms with Crippen molar-refractivity contribution in [3.05, 3.63) is 54.1 Å². The van der Waals surface area contributed by atoms with Gasteiger partial charge in [0.05, 0.1) is 12.8 Å². The van der Waals surface area contributed by atoms with Crippen LogP contribution in [0.4, 0.5) is 5.69 Å². The Morgan fingerprint density at radius 1 is 1.13 bits per heavy atom. The molecule has 0 saturated heterocycles. The van der Waals surface area contributed by atoms with Crippen LogP contribution >= 0.6 is 0 Å². The summed E-state index contributed by atoms with van der Waals surface area (Å²) in [6, 6.07) is 12.8. The first-order valence-electron chi connectivity index (χ1n) is 7.28. The van der Waals surface area contributed by atoms with E-state index >= 15 is 0 Å². The van der Waals surface area contributed by atoms with Gasteiger partial charge in [0.1, 0.15) is 19.0 Å². The molecule has 5 nitrogen and oxygen atoms in total. The second-order valence-electron chi connectivity index (χ2n) is 4.93. The molecule has 0 radical (unpaired) electrons. The Labute approximate surface area is 134 Å². The van der Waals surface area contributed by atoms with E-state index in [1.807, 2.05) is 30.3 Å². The van der Waals surface area contributed by atoms with Crippen LogP contribution in [0.3, 0.4) is 0 Å². The monoisotopic (exact) mass is 311 g/mol. The van der Waals surface area contributed by atoms with Crippen LogP contribution < -0.4 is 19.5 Å². The fourth-order valence-corrected chi connectivity index (χ4v) is 2.26. The predicted octanol–water partition coefficient (Wildman–Crippen LogP) is 3.12. The highest BCUT2D eigenvalue weighted by molar-refractivity contribution is 6.02. The Bertz CT molecular complexity index is 740. The maximum atomic E-state index is 12.0. The fourth-order valence-electron chi connectivity index (χ4n) is 2.26. The zero-order valence-corrected chi connectivity index (χ0v) is 12.7. The second-order valence-corrected chi connectivity index (χ2v) is 4.93. The van der Waals surface area contributed by atoms with Crippen molar-refractivity contribution in [1.82, 2.24) is 0 Å². The maximum Gasteiger partial charge on any atom is 0.248 e. The Morgan fingerprint density at radius 2 is 1.91 bits per heavy atom. The average Bonchev–Trinajstić information content (AvgIpc) is 2.60. The van der Waals surface area contributed by atoms with Gasteiger partial charge in [-0.2, -0.15) is 0 Å². The number of benzene rings is 2. The summed E-state index contributed by atoms with van der Waals surface area (Å²) in [5.74, 6) is 1.81. The molecule has 2 aromatic carbocycles. The van der Waals surface area contributed by atoms with Crippen LogP contribution in [0.25, 0.3) is 6.08 Å². The Hall–Kier alpha value is -2.95. The highest BCUT2D eigenvalue weighted by Crippen LogP contribution is 2.31. The summed E-state index contributed by atoms with van der Waals surface area (Å²) < 4.78 is 16.2. The second kappa shape index (κ2) is 6.87. The van der Waals surface area contributed by atoms with Gasteiger partial charge in [0, 0.05) is 6.08 Å². The minimum atomic E-state index is -0.232. The van der Waals surface area contributed by atoms with Gasteiger partial charge in [0.2, 0.25) is 5.91 Å². The van der Waals surface area contributed by atoms with Crippen LogP contribution in [0.15, 0.2) is 48.5 Å². The number of hydrogen-bond acceptors (Lipinski definition) is 4. The molecule has 3 rings (SSSR count). The molecule has 2 aromatic rings. The van der Waals surface area contributed by atoms with E-state index in [-0.39, 0.29) is 5.91 Å². The zero-order valence-electron chi connectivity index (χ0n) is 12.7. The first kappa shape index (κ1) is 15.0. The summed E-state index contributed by atoms with van der Waals surface area (Å²) in [5.41, 5.74) is 1.50. The van der Waals surface area contributed by atoms with E-state index in [1.54, 1.807) is 25.3 Å². The summed E-state index contributed by atoms with van der Waals surface area (Å²) in [6.45, 7) is 1.10. The highest BCUT2D eigenvalue weighted by atomic mass is 16.6. The quantitative estimate of drug-likeness (QED) is 0.882. The van der Waals surface area contributed by atoms with Crippen molar-refractivity contribution in [1.29, 1.82) is 0 Å². The lowest BCUT2D eigenvalue weighted by Gasteiger charge is -2.18. The number of nitrogens with one attached hydrogen (secondary N) is 1. The first-order chi connectivity index (χ1) is 11.3. The van der Waals surface area contributed by atoms with E-state index in [0.29, 0.717) is 30.4 Å². The molecule has 1 aliphatic rings. The largest absolute Gasteiger partial charge is 0.495 e. The van der Waals surface area contributed by atoms with Gasteiger partial charge in [0.25, 0.3) is 0 Å². The maximum absolute atomic E-state index is 12.0. The minimum Gasteiger partial charge on any atom is -0.495 e. The molecule has 0 fully saturated rings. The summed E-state index contributed by atoms with van der Waals surface area (Å²) in [4.78, 5) is 12.0. The van der Waals surface area contributed by atoms with Crippen LogP contribution in [0, 0.1) is 0 Å². The molecule has 1 N–H and O–H groups in total. The Morgan fingerprint density at radius 3 is 2.74 bits per heavy atom. The molecule has 5 heteroatoms. The van der Waals surface area contributed by atoms with Gasteiger partial charge in [-0.05, 0) is 35.9 Å². The van der Waals surface area contributed by atoms with Gasteiger partial charge >= 0.3 is 0 Å². The van der Waals surface area contributed by atoms with Crippen LogP contribution in [0.5, 0.6) is 17.2 Å². The van der Waals surface area contributed by atoms with E-state index in [0.717, 1.165) is 11.3 Å². The summed E-state index contributed by atoms with van der Waals surface area (Å²) >= 11 is 0. The van der Waals surface area contributed by atoms with E-state index in [9.17, 15) is 4.79 Å². The van der Waals surface area contributed by atoms with Crippen molar-refractivity contribution in [3.8, 4) is 17.2 Å². The van der Waals surface area contributed by atoms with Crippen molar-refractivity contribution >= 4 is 17.7 Å². The number of carbonyl (C=O) groups is 1. The summed E-state index contributed by atoms with van der Waals surface area (Å²) in [5, 5.41) is 2.79. The fraction of sp³-hybridized carbons (Fsp3) is 0.167. The predicted molar refractivity (Wildman–Crippen MR) is 88.1 cm³/mol. The average molecular weight is 311 g/mol. The molecule has 118 valence electrons. The van der Waals surface area contributed by atoms with Crippen LogP contribution in [-0.4, -0.2) is 26.2 Å². The van der Waals surface area contributed by atoms with Crippen LogP contribution in [0.2, 0.25) is 0 Å². The molecule has 1 amide bonds. The molecule has 0 bridgehead atoms. The first-order valence-corrected chi connectivity index (χ1v) is 7.28. The van der Waals surface area contributed by atoms with E-state index in [1.165, 1.54) is 6.08 Å². The third kappa shape index (κ3) is 3.63. The number of amides is 1. The summed E-state index contributed by atoms with van der Waals surface area (Å²) in [6.07, 6.45) is 3.20.